The van der Waals surface area contributed by atoms with Crippen LogP contribution >= 0.6 is 0 Å². The predicted molar refractivity (Wildman–Crippen MR) is 121 cm³/mol. The highest BCUT2D eigenvalue weighted by atomic mass is 16.5. The smallest absolute Gasteiger partial charge is 0.263 e. The van der Waals surface area contributed by atoms with Crippen molar-refractivity contribution >= 4 is 5.52 Å². The van der Waals surface area contributed by atoms with Crippen LogP contribution in [0, 0.1) is 0 Å². The Hall–Kier alpha value is -3.94. The molecule has 4 aromatic heterocycles. The molecule has 5 aromatic rings. The molecule has 0 saturated carbocycles. The third-order valence-electron chi connectivity index (χ3n) is 5.79. The van der Waals surface area contributed by atoms with Crippen molar-refractivity contribution in [3.63, 3.8) is 0 Å². The van der Waals surface area contributed by atoms with Crippen LogP contribution in [-0.2, 0) is 6.54 Å². The first-order valence-electron chi connectivity index (χ1n) is 10.7. The number of aromatic nitrogens is 7. The summed E-state index contributed by atoms with van der Waals surface area (Å²) in [6, 6.07) is 10.4. The molecule has 32 heavy (non-hydrogen) atoms. The summed E-state index contributed by atoms with van der Waals surface area (Å²) in [4.78, 5) is 4.99. The molecule has 0 spiro atoms. The highest BCUT2D eigenvalue weighted by Crippen LogP contribution is 2.25. The van der Waals surface area contributed by atoms with Crippen molar-refractivity contribution in [2.75, 3.05) is 7.11 Å². The summed E-state index contributed by atoms with van der Waals surface area (Å²) < 4.78 is 11.1. The van der Waals surface area contributed by atoms with Gasteiger partial charge in [0.05, 0.1) is 32.2 Å². The van der Waals surface area contributed by atoms with Gasteiger partial charge in [-0.3, -0.25) is 9.36 Å². The van der Waals surface area contributed by atoms with Crippen molar-refractivity contribution in [1.82, 2.24) is 29.6 Å². The van der Waals surface area contributed by atoms with Gasteiger partial charge in [-0.15, -0.1) is 0 Å². The fraction of sp³-hybridized carbons (Fsp3) is 0.250. The Morgan fingerprint density at radius 1 is 1.06 bits per heavy atom. The molecule has 1 atom stereocenters. The zero-order valence-corrected chi connectivity index (χ0v) is 18.4. The molecule has 1 N–H and O–H groups in total. The summed E-state index contributed by atoms with van der Waals surface area (Å²) in [6.07, 6.45) is 12.8. The van der Waals surface area contributed by atoms with E-state index in [0.29, 0.717) is 12.6 Å². The molecule has 0 saturated heterocycles. The Kier molecular flexibility index (Phi) is 5.18. The number of fused-ring (bicyclic) bond motifs is 1. The number of benzene rings is 1. The summed E-state index contributed by atoms with van der Waals surface area (Å²) in [5.41, 5.74) is 5.84. The number of nitrogens with one attached hydrogen (secondary N) is 1. The van der Waals surface area contributed by atoms with E-state index in [-0.39, 0.29) is 0 Å². The Labute approximate surface area is 186 Å². The van der Waals surface area contributed by atoms with Gasteiger partial charge in [0.25, 0.3) is 5.52 Å². The quantitative estimate of drug-likeness (QED) is 0.399. The van der Waals surface area contributed by atoms with Crippen LogP contribution in [0.4, 0.5) is 0 Å². The van der Waals surface area contributed by atoms with Crippen LogP contribution < -0.4 is 9.25 Å². The molecule has 0 amide bonds. The molecule has 5 rings (SSSR count). The first kappa shape index (κ1) is 20.0. The van der Waals surface area contributed by atoms with Crippen LogP contribution in [0.2, 0.25) is 0 Å². The Morgan fingerprint density at radius 2 is 1.88 bits per heavy atom. The summed E-state index contributed by atoms with van der Waals surface area (Å²) in [6.45, 7) is 5.00. The molecule has 0 unspecified atom stereocenters. The van der Waals surface area contributed by atoms with Crippen molar-refractivity contribution in [3.05, 3.63) is 73.1 Å². The molecule has 0 aliphatic rings. The van der Waals surface area contributed by atoms with E-state index in [2.05, 4.69) is 35.3 Å². The van der Waals surface area contributed by atoms with E-state index in [9.17, 15) is 0 Å². The molecule has 1 aromatic carbocycles. The van der Waals surface area contributed by atoms with E-state index in [0.717, 1.165) is 45.8 Å². The normalized spacial score (nSPS) is 12.3. The Balaban J connectivity index is 1.48. The van der Waals surface area contributed by atoms with Gasteiger partial charge in [-0.25, -0.2) is 4.98 Å². The summed E-state index contributed by atoms with van der Waals surface area (Å²) >= 11 is 0. The van der Waals surface area contributed by atoms with Crippen LogP contribution in [0.3, 0.4) is 0 Å². The average Bonchev–Trinajstić information content (AvgIpc) is 3.59. The van der Waals surface area contributed by atoms with E-state index in [1.165, 1.54) is 0 Å². The van der Waals surface area contributed by atoms with Gasteiger partial charge in [0.15, 0.2) is 0 Å². The number of ether oxygens (including phenoxy) is 1. The molecule has 0 fully saturated rings. The number of methoxy groups -OCH3 is 1. The maximum Gasteiger partial charge on any atom is 0.263 e. The molecule has 4 heterocycles. The molecule has 162 valence electrons. The maximum absolute atomic E-state index is 5.24. The predicted octanol–water partition coefficient (Wildman–Crippen LogP) is 3.90. The molecule has 8 heteroatoms. The number of nitrogens with zero attached hydrogens (tertiary/aromatic N) is 6. The molecular weight excluding hydrogens is 402 g/mol. The lowest BCUT2D eigenvalue weighted by atomic mass is 10.2. The third-order valence-corrected chi connectivity index (χ3v) is 5.79. The number of rotatable bonds is 7. The first-order valence-corrected chi connectivity index (χ1v) is 10.7. The third kappa shape index (κ3) is 3.75. The molecule has 0 aliphatic heterocycles. The van der Waals surface area contributed by atoms with Gasteiger partial charge in [-0.2, -0.15) is 15.3 Å². The Bertz CT molecular complexity index is 1350. The van der Waals surface area contributed by atoms with Crippen molar-refractivity contribution in [3.8, 4) is 28.3 Å². The van der Waals surface area contributed by atoms with Crippen molar-refractivity contribution in [2.45, 2.75) is 32.9 Å². The minimum atomic E-state index is 0.345. The van der Waals surface area contributed by atoms with Crippen molar-refractivity contribution in [1.29, 1.82) is 0 Å². The molecule has 0 bridgehead atoms. The zero-order chi connectivity index (χ0) is 22.1. The van der Waals surface area contributed by atoms with Crippen LogP contribution in [0.15, 0.2) is 67.5 Å². The number of aromatic amines is 1. The second-order valence-electron chi connectivity index (χ2n) is 7.93. The van der Waals surface area contributed by atoms with E-state index in [1.54, 1.807) is 7.11 Å². The van der Waals surface area contributed by atoms with Crippen LogP contribution in [0.1, 0.15) is 31.9 Å². The second-order valence-corrected chi connectivity index (χ2v) is 7.93. The van der Waals surface area contributed by atoms with Crippen LogP contribution in [0.5, 0.6) is 5.75 Å². The lowest BCUT2D eigenvalue weighted by Crippen LogP contribution is -2.24. The SMILES string of the molecule is CC[C@H](C)n1cc(-c2nc(-c3cnn(Cc4ccc(OC)cc4)c3)c[n+]3[nH]ccc23)cn1. The zero-order valence-electron chi connectivity index (χ0n) is 18.4. The maximum atomic E-state index is 5.24. The molecular formula is C24H26N7O+. The van der Waals surface area contributed by atoms with Gasteiger partial charge < -0.3 is 4.74 Å². The topological polar surface area (TPSA) is 77.7 Å². The standard InChI is InChI=1S/C24H25N7O/c1-4-17(2)30-15-20(12-27-30)24-23-9-10-25-31(23)16-22(28-24)19-11-26-29(14-19)13-18-5-7-21(32-3)8-6-18/h5-12,14-17H,4,13H2,1-3H3/p+1/t17-/m0/s1. The highest BCUT2D eigenvalue weighted by Gasteiger charge is 2.20. The molecule has 8 nitrogen and oxygen atoms in total. The highest BCUT2D eigenvalue weighted by molar-refractivity contribution is 5.74. The van der Waals surface area contributed by atoms with Gasteiger partial charge in [-0.1, -0.05) is 23.6 Å². The minimum Gasteiger partial charge on any atom is -0.497 e. The van der Waals surface area contributed by atoms with E-state index >= 15 is 0 Å². The van der Waals surface area contributed by atoms with E-state index in [4.69, 9.17) is 9.72 Å². The van der Waals surface area contributed by atoms with Gasteiger partial charge in [0.1, 0.15) is 17.1 Å². The van der Waals surface area contributed by atoms with E-state index in [1.807, 2.05) is 75.2 Å². The van der Waals surface area contributed by atoms with Gasteiger partial charge >= 0.3 is 0 Å². The second kappa shape index (κ2) is 8.30. The number of H-pyrrole nitrogens is 1. The lowest BCUT2D eigenvalue weighted by molar-refractivity contribution is -0.576. The van der Waals surface area contributed by atoms with Gasteiger partial charge in [0, 0.05) is 35.6 Å². The number of hydrogen-bond donors (Lipinski definition) is 1. The fourth-order valence-electron chi connectivity index (χ4n) is 3.72. The lowest BCUT2D eigenvalue weighted by Gasteiger charge is -2.07. The average molecular weight is 429 g/mol. The van der Waals surface area contributed by atoms with Crippen molar-refractivity contribution in [2.24, 2.45) is 0 Å². The van der Waals surface area contributed by atoms with Crippen LogP contribution in [0.25, 0.3) is 28.0 Å². The van der Waals surface area contributed by atoms with Crippen molar-refractivity contribution < 1.29 is 9.25 Å². The summed E-state index contributed by atoms with van der Waals surface area (Å²) in [7, 11) is 1.67. The fourth-order valence-corrected chi connectivity index (χ4v) is 3.72. The summed E-state index contributed by atoms with van der Waals surface area (Å²) in [5.74, 6) is 0.847. The number of hydrogen-bond acceptors (Lipinski definition) is 4. The summed E-state index contributed by atoms with van der Waals surface area (Å²) in [5, 5.41) is 12.3. The largest absolute Gasteiger partial charge is 0.497 e. The molecule has 0 aliphatic carbocycles. The Morgan fingerprint density at radius 3 is 2.66 bits per heavy atom. The van der Waals surface area contributed by atoms with Crippen LogP contribution in [-0.4, -0.2) is 36.8 Å². The monoisotopic (exact) mass is 428 g/mol. The minimum absolute atomic E-state index is 0.345. The van der Waals surface area contributed by atoms with Gasteiger partial charge in [0.2, 0.25) is 6.20 Å². The van der Waals surface area contributed by atoms with Gasteiger partial charge in [-0.05, 0) is 31.0 Å². The molecule has 0 radical (unpaired) electrons. The first-order chi connectivity index (χ1) is 15.6. The van der Waals surface area contributed by atoms with E-state index < -0.39 is 0 Å².